The fourth-order valence-corrected chi connectivity index (χ4v) is 1.44. The maximum Gasteiger partial charge on any atom is 0.0706 e. The van der Waals surface area contributed by atoms with Crippen molar-refractivity contribution in [1.82, 2.24) is 14.9 Å². The maximum atomic E-state index is 4.27. The predicted octanol–water partition coefficient (Wildman–Crippen LogP) is 1.83. The Labute approximate surface area is 83.7 Å². The lowest BCUT2D eigenvalue weighted by molar-refractivity contribution is 0.590. The van der Waals surface area contributed by atoms with Crippen LogP contribution in [0.3, 0.4) is 0 Å². The van der Waals surface area contributed by atoms with E-state index in [1.54, 1.807) is 0 Å². The molecule has 2 aromatic rings. The van der Waals surface area contributed by atoms with Crippen LogP contribution in [0.4, 0.5) is 0 Å². The Morgan fingerprint density at radius 2 is 2.29 bits per heavy atom. The third-order valence-electron chi connectivity index (χ3n) is 2.21. The molecule has 74 valence electrons. The van der Waals surface area contributed by atoms with Crippen LogP contribution in [0.15, 0.2) is 30.6 Å². The first-order valence-corrected chi connectivity index (χ1v) is 4.92. The van der Waals surface area contributed by atoms with Gasteiger partial charge in [-0.15, -0.1) is 0 Å². The van der Waals surface area contributed by atoms with Crippen LogP contribution in [0.25, 0.3) is 5.52 Å². The molecule has 0 bridgehead atoms. The number of aromatic nitrogens is 2. The van der Waals surface area contributed by atoms with Gasteiger partial charge in [0.05, 0.1) is 11.7 Å². The number of nitrogens with zero attached hydrogens (tertiary/aromatic N) is 2. The van der Waals surface area contributed by atoms with Crippen molar-refractivity contribution < 1.29 is 0 Å². The van der Waals surface area contributed by atoms with Crippen LogP contribution < -0.4 is 5.32 Å². The normalized spacial score (nSPS) is 11.4. The van der Waals surface area contributed by atoms with Gasteiger partial charge in [-0.2, -0.15) is 5.10 Å². The molecule has 0 aliphatic rings. The summed E-state index contributed by atoms with van der Waals surface area (Å²) < 4.78 is 1.90. The molecule has 0 aromatic carbocycles. The fraction of sp³-hybridized carbons (Fsp3) is 0.364. The zero-order valence-electron chi connectivity index (χ0n) is 8.57. The summed E-state index contributed by atoms with van der Waals surface area (Å²) in [5.41, 5.74) is 2.43. The largest absolute Gasteiger partial charge is 0.310 e. The van der Waals surface area contributed by atoms with Crippen LogP contribution in [0.2, 0.25) is 0 Å². The first-order valence-electron chi connectivity index (χ1n) is 4.92. The third kappa shape index (κ3) is 1.77. The highest BCUT2D eigenvalue weighted by Crippen LogP contribution is 2.09. The van der Waals surface area contributed by atoms with Crippen molar-refractivity contribution in [3.8, 4) is 0 Å². The van der Waals surface area contributed by atoms with Gasteiger partial charge in [0, 0.05) is 24.3 Å². The molecule has 0 atom stereocenters. The Morgan fingerprint density at radius 3 is 3.07 bits per heavy atom. The lowest BCUT2D eigenvalue weighted by Crippen LogP contribution is -2.21. The zero-order chi connectivity index (χ0) is 9.97. The average molecular weight is 189 g/mol. The number of fused-ring (bicyclic) bond motifs is 1. The van der Waals surface area contributed by atoms with Gasteiger partial charge < -0.3 is 5.32 Å². The van der Waals surface area contributed by atoms with Gasteiger partial charge in [0.1, 0.15) is 0 Å². The SMILES string of the molecule is CC(C)NCc1cnn2ccccc12. The molecule has 0 amide bonds. The van der Waals surface area contributed by atoms with E-state index in [1.165, 1.54) is 11.1 Å². The predicted molar refractivity (Wildman–Crippen MR) is 57.2 cm³/mol. The number of hydrogen-bond donors (Lipinski definition) is 1. The van der Waals surface area contributed by atoms with Gasteiger partial charge in [0.2, 0.25) is 0 Å². The van der Waals surface area contributed by atoms with Gasteiger partial charge in [0.15, 0.2) is 0 Å². The van der Waals surface area contributed by atoms with E-state index in [2.05, 4.69) is 30.3 Å². The molecule has 0 aliphatic heterocycles. The van der Waals surface area contributed by atoms with Crippen LogP contribution in [0, 0.1) is 0 Å². The highest BCUT2D eigenvalue weighted by Gasteiger charge is 2.02. The van der Waals surface area contributed by atoms with Crippen molar-refractivity contribution in [2.24, 2.45) is 0 Å². The molecule has 0 spiro atoms. The van der Waals surface area contributed by atoms with E-state index in [0.717, 1.165) is 6.54 Å². The van der Waals surface area contributed by atoms with E-state index in [-0.39, 0.29) is 0 Å². The number of hydrogen-bond acceptors (Lipinski definition) is 2. The second-order valence-corrected chi connectivity index (χ2v) is 3.74. The summed E-state index contributed by atoms with van der Waals surface area (Å²) in [5.74, 6) is 0. The Kier molecular flexibility index (Phi) is 2.50. The highest BCUT2D eigenvalue weighted by molar-refractivity contribution is 5.53. The molecule has 0 aliphatic carbocycles. The standard InChI is InChI=1S/C11H15N3/c1-9(2)12-7-10-8-13-14-6-4-3-5-11(10)14/h3-6,8-9,12H,7H2,1-2H3. The summed E-state index contributed by atoms with van der Waals surface area (Å²) in [6, 6.07) is 6.62. The molecule has 0 fully saturated rings. The van der Waals surface area contributed by atoms with Gasteiger partial charge in [-0.3, -0.25) is 0 Å². The van der Waals surface area contributed by atoms with Crippen LogP contribution in [0.1, 0.15) is 19.4 Å². The first kappa shape index (κ1) is 9.21. The average Bonchev–Trinajstić information content (AvgIpc) is 2.58. The highest BCUT2D eigenvalue weighted by atomic mass is 15.2. The molecule has 3 heteroatoms. The Morgan fingerprint density at radius 1 is 1.43 bits per heavy atom. The number of nitrogens with one attached hydrogen (secondary N) is 1. The lowest BCUT2D eigenvalue weighted by atomic mass is 10.2. The molecule has 2 heterocycles. The van der Waals surface area contributed by atoms with E-state index < -0.39 is 0 Å². The van der Waals surface area contributed by atoms with Gasteiger partial charge in [-0.05, 0) is 12.1 Å². The van der Waals surface area contributed by atoms with Crippen molar-refractivity contribution in [1.29, 1.82) is 0 Å². The Balaban J connectivity index is 2.25. The molecule has 3 nitrogen and oxygen atoms in total. The van der Waals surface area contributed by atoms with Gasteiger partial charge >= 0.3 is 0 Å². The van der Waals surface area contributed by atoms with Crippen LogP contribution in [0.5, 0.6) is 0 Å². The minimum absolute atomic E-state index is 0.508. The molecular formula is C11H15N3. The quantitative estimate of drug-likeness (QED) is 0.798. The summed E-state index contributed by atoms with van der Waals surface area (Å²) in [6.45, 7) is 5.17. The van der Waals surface area contributed by atoms with Gasteiger partial charge in [-0.1, -0.05) is 19.9 Å². The van der Waals surface area contributed by atoms with Crippen LogP contribution in [-0.4, -0.2) is 15.7 Å². The third-order valence-corrected chi connectivity index (χ3v) is 2.21. The smallest absolute Gasteiger partial charge is 0.0706 e. The van der Waals surface area contributed by atoms with Crippen LogP contribution in [-0.2, 0) is 6.54 Å². The number of pyridine rings is 1. The van der Waals surface area contributed by atoms with E-state index in [4.69, 9.17) is 0 Å². The molecule has 0 saturated carbocycles. The van der Waals surface area contributed by atoms with Crippen molar-refractivity contribution in [3.05, 3.63) is 36.2 Å². The lowest BCUT2D eigenvalue weighted by Gasteiger charge is -2.06. The van der Waals surface area contributed by atoms with E-state index in [0.29, 0.717) is 6.04 Å². The monoisotopic (exact) mass is 189 g/mol. The zero-order valence-corrected chi connectivity index (χ0v) is 8.57. The van der Waals surface area contributed by atoms with E-state index in [9.17, 15) is 0 Å². The van der Waals surface area contributed by atoms with Crippen molar-refractivity contribution in [2.45, 2.75) is 26.4 Å². The minimum Gasteiger partial charge on any atom is -0.310 e. The Hall–Kier alpha value is -1.35. The number of rotatable bonds is 3. The van der Waals surface area contributed by atoms with Crippen molar-refractivity contribution in [2.75, 3.05) is 0 Å². The molecule has 0 saturated heterocycles. The molecule has 2 aromatic heterocycles. The molecule has 2 rings (SSSR count). The molecule has 0 unspecified atom stereocenters. The second-order valence-electron chi connectivity index (χ2n) is 3.74. The summed E-state index contributed by atoms with van der Waals surface area (Å²) in [5, 5.41) is 7.66. The summed E-state index contributed by atoms with van der Waals surface area (Å²) in [4.78, 5) is 0. The van der Waals surface area contributed by atoms with Crippen molar-refractivity contribution in [3.63, 3.8) is 0 Å². The minimum atomic E-state index is 0.508. The maximum absolute atomic E-state index is 4.27. The summed E-state index contributed by atoms with van der Waals surface area (Å²) in [6.07, 6.45) is 3.89. The second kappa shape index (κ2) is 3.80. The Bertz CT molecular complexity index is 417. The van der Waals surface area contributed by atoms with Crippen molar-refractivity contribution >= 4 is 5.52 Å². The topological polar surface area (TPSA) is 29.3 Å². The molecule has 14 heavy (non-hydrogen) atoms. The van der Waals surface area contributed by atoms with Gasteiger partial charge in [-0.25, -0.2) is 4.52 Å². The van der Waals surface area contributed by atoms with Crippen LogP contribution >= 0.6 is 0 Å². The van der Waals surface area contributed by atoms with Gasteiger partial charge in [0.25, 0.3) is 0 Å². The summed E-state index contributed by atoms with van der Waals surface area (Å²) in [7, 11) is 0. The van der Waals surface area contributed by atoms with E-state index >= 15 is 0 Å². The fourth-order valence-electron chi connectivity index (χ4n) is 1.44. The molecule has 1 N–H and O–H groups in total. The molecular weight excluding hydrogens is 174 g/mol. The first-order chi connectivity index (χ1) is 6.77. The van der Waals surface area contributed by atoms with E-state index in [1.807, 2.05) is 29.0 Å². The molecule has 0 radical (unpaired) electrons. The summed E-state index contributed by atoms with van der Waals surface area (Å²) >= 11 is 0.